The zero-order chi connectivity index (χ0) is 22.2. The van der Waals surface area contributed by atoms with Gasteiger partial charge < -0.3 is 4.74 Å². The largest absolute Gasteiger partial charge is 0.423 e. The first-order valence-electron chi connectivity index (χ1n) is 10.8. The summed E-state index contributed by atoms with van der Waals surface area (Å²) in [6.45, 7) is 3.56. The molecule has 4 rings (SSSR count). The smallest absolute Gasteiger partial charge is 0.335 e. The lowest BCUT2D eigenvalue weighted by atomic mass is 9.88. The molecule has 2 heteroatoms. The molecule has 2 nitrogen and oxygen atoms in total. The van der Waals surface area contributed by atoms with Crippen molar-refractivity contribution in [1.29, 1.82) is 0 Å². The Morgan fingerprint density at radius 1 is 0.625 bits per heavy atom. The molecule has 32 heavy (non-hydrogen) atoms. The summed E-state index contributed by atoms with van der Waals surface area (Å²) in [5.41, 5.74) is 7.15. The normalized spacial score (nSPS) is 10.5. The average molecular weight is 419 g/mol. The Kier molecular flexibility index (Phi) is 6.94. The van der Waals surface area contributed by atoms with E-state index in [0.29, 0.717) is 12.2 Å². The Labute approximate surface area is 189 Å². The molecule has 0 aliphatic rings. The molecule has 0 bridgehead atoms. The van der Waals surface area contributed by atoms with Crippen LogP contribution >= 0.6 is 0 Å². The van der Waals surface area contributed by atoms with Crippen LogP contribution in [-0.4, -0.2) is 5.97 Å². The summed E-state index contributed by atoms with van der Waals surface area (Å²) in [5, 5.41) is 0. The lowest BCUT2D eigenvalue weighted by Crippen LogP contribution is -2.10. The van der Waals surface area contributed by atoms with Crippen molar-refractivity contribution in [2.45, 2.75) is 19.3 Å². The molecule has 0 aliphatic carbocycles. The first-order valence-corrected chi connectivity index (χ1v) is 10.8. The highest BCUT2D eigenvalue weighted by molar-refractivity contribution is 5.83. The van der Waals surface area contributed by atoms with Gasteiger partial charge in [0.15, 0.2) is 0 Å². The number of carbonyl (C=O) groups is 1. The van der Waals surface area contributed by atoms with E-state index >= 15 is 0 Å². The Morgan fingerprint density at radius 2 is 1.09 bits per heavy atom. The van der Waals surface area contributed by atoms with Crippen molar-refractivity contribution in [3.8, 4) is 5.75 Å². The summed E-state index contributed by atoms with van der Waals surface area (Å²) >= 11 is 0. The SMILES string of the molecule is C=CC(=O)Oc1ccc(Cc2ccccc2)c(Cc2ccccc2)c1Cc1ccccc1. The van der Waals surface area contributed by atoms with Gasteiger partial charge in [-0.15, -0.1) is 0 Å². The molecule has 0 saturated heterocycles. The zero-order valence-electron chi connectivity index (χ0n) is 18.0. The van der Waals surface area contributed by atoms with Crippen molar-refractivity contribution in [3.63, 3.8) is 0 Å². The van der Waals surface area contributed by atoms with E-state index in [-0.39, 0.29) is 0 Å². The lowest BCUT2D eigenvalue weighted by molar-refractivity contribution is -0.129. The van der Waals surface area contributed by atoms with Gasteiger partial charge >= 0.3 is 5.97 Å². The molecule has 4 aromatic rings. The van der Waals surface area contributed by atoms with Crippen molar-refractivity contribution in [1.82, 2.24) is 0 Å². The molecule has 0 fully saturated rings. The van der Waals surface area contributed by atoms with E-state index < -0.39 is 5.97 Å². The molecule has 0 atom stereocenters. The highest BCUT2D eigenvalue weighted by Crippen LogP contribution is 2.32. The Bertz CT molecular complexity index is 1180. The quantitative estimate of drug-likeness (QED) is 0.184. The Hall–Kier alpha value is -3.91. The number of rotatable bonds is 8. The minimum absolute atomic E-state index is 0.444. The first-order chi connectivity index (χ1) is 15.7. The molecular formula is C30H26O2. The molecule has 0 heterocycles. The van der Waals surface area contributed by atoms with E-state index in [2.05, 4.69) is 73.3 Å². The van der Waals surface area contributed by atoms with Crippen molar-refractivity contribution < 1.29 is 9.53 Å². The second-order valence-electron chi connectivity index (χ2n) is 7.79. The van der Waals surface area contributed by atoms with Crippen LogP contribution in [0.25, 0.3) is 0 Å². The van der Waals surface area contributed by atoms with Gasteiger partial charge in [0.2, 0.25) is 0 Å². The van der Waals surface area contributed by atoms with Crippen LogP contribution in [0, 0.1) is 0 Å². The number of hydrogen-bond acceptors (Lipinski definition) is 2. The molecule has 0 aromatic heterocycles. The van der Waals surface area contributed by atoms with Gasteiger partial charge in [0.25, 0.3) is 0 Å². The van der Waals surface area contributed by atoms with Crippen LogP contribution in [0.15, 0.2) is 116 Å². The minimum atomic E-state index is -0.444. The van der Waals surface area contributed by atoms with Gasteiger partial charge in [-0.05, 0) is 46.7 Å². The van der Waals surface area contributed by atoms with Gasteiger partial charge in [-0.2, -0.15) is 0 Å². The van der Waals surface area contributed by atoms with E-state index in [1.807, 2.05) is 36.4 Å². The summed E-state index contributed by atoms with van der Waals surface area (Å²) in [4.78, 5) is 12.1. The molecular weight excluding hydrogens is 392 g/mol. The highest BCUT2D eigenvalue weighted by Gasteiger charge is 2.17. The van der Waals surface area contributed by atoms with Crippen LogP contribution in [0.2, 0.25) is 0 Å². The summed E-state index contributed by atoms with van der Waals surface area (Å²) < 4.78 is 5.69. The fourth-order valence-electron chi connectivity index (χ4n) is 3.96. The maximum Gasteiger partial charge on any atom is 0.335 e. The molecule has 0 unspecified atom stereocenters. The van der Waals surface area contributed by atoms with Gasteiger partial charge in [0.05, 0.1) is 0 Å². The van der Waals surface area contributed by atoms with Gasteiger partial charge in [0, 0.05) is 18.1 Å². The van der Waals surface area contributed by atoms with Crippen LogP contribution in [0.5, 0.6) is 5.75 Å². The van der Waals surface area contributed by atoms with Crippen molar-refractivity contribution in [2.24, 2.45) is 0 Å². The van der Waals surface area contributed by atoms with Crippen LogP contribution in [-0.2, 0) is 24.1 Å². The molecule has 4 aromatic carbocycles. The number of hydrogen-bond donors (Lipinski definition) is 0. The number of carbonyl (C=O) groups excluding carboxylic acids is 1. The summed E-state index contributed by atoms with van der Waals surface area (Å²) in [5.74, 6) is 0.155. The zero-order valence-corrected chi connectivity index (χ0v) is 18.0. The second kappa shape index (κ2) is 10.4. The molecule has 0 N–H and O–H groups in total. The van der Waals surface area contributed by atoms with Crippen molar-refractivity contribution in [2.75, 3.05) is 0 Å². The van der Waals surface area contributed by atoms with Gasteiger partial charge in [-0.3, -0.25) is 0 Å². The van der Waals surface area contributed by atoms with Crippen LogP contribution in [0.1, 0.15) is 33.4 Å². The fourth-order valence-corrected chi connectivity index (χ4v) is 3.96. The third-order valence-corrected chi connectivity index (χ3v) is 5.55. The fraction of sp³-hybridized carbons (Fsp3) is 0.100. The molecule has 0 radical (unpaired) electrons. The Balaban J connectivity index is 1.84. The van der Waals surface area contributed by atoms with Crippen molar-refractivity contribution in [3.05, 3.63) is 149 Å². The topological polar surface area (TPSA) is 26.3 Å². The van der Waals surface area contributed by atoms with Gasteiger partial charge in [-0.1, -0.05) is 104 Å². The standard InChI is InChI=1S/C30H26O2/c1-2-30(31)32-29-19-18-26(20-23-12-6-3-7-13-23)27(21-24-14-8-4-9-15-24)28(29)22-25-16-10-5-11-17-25/h2-19H,1,20-22H2. The van der Waals surface area contributed by atoms with Crippen LogP contribution in [0.3, 0.4) is 0 Å². The molecule has 0 saturated carbocycles. The molecule has 0 aliphatic heterocycles. The summed E-state index contributed by atoms with van der Waals surface area (Å²) in [7, 11) is 0. The van der Waals surface area contributed by atoms with Crippen molar-refractivity contribution >= 4 is 5.97 Å². The Morgan fingerprint density at radius 3 is 1.59 bits per heavy atom. The lowest BCUT2D eigenvalue weighted by Gasteiger charge is -2.19. The maximum absolute atomic E-state index is 12.1. The van der Waals surface area contributed by atoms with E-state index in [9.17, 15) is 4.79 Å². The third kappa shape index (κ3) is 5.41. The average Bonchev–Trinajstić information content (AvgIpc) is 2.84. The van der Waals surface area contributed by atoms with Crippen LogP contribution in [0.4, 0.5) is 0 Å². The first kappa shape index (κ1) is 21.3. The number of benzene rings is 4. The number of ether oxygens (including phenoxy) is 1. The number of esters is 1. The third-order valence-electron chi connectivity index (χ3n) is 5.55. The van der Waals surface area contributed by atoms with E-state index in [4.69, 9.17) is 4.74 Å². The summed E-state index contributed by atoms with van der Waals surface area (Å²) in [6, 6.07) is 35.2. The highest BCUT2D eigenvalue weighted by atomic mass is 16.5. The van der Waals surface area contributed by atoms with E-state index in [1.54, 1.807) is 0 Å². The minimum Gasteiger partial charge on any atom is -0.423 e. The summed E-state index contributed by atoms with van der Waals surface area (Å²) in [6.07, 6.45) is 3.48. The van der Waals surface area contributed by atoms with Gasteiger partial charge in [-0.25, -0.2) is 4.79 Å². The van der Waals surface area contributed by atoms with Gasteiger partial charge in [0.1, 0.15) is 5.75 Å². The molecule has 158 valence electrons. The monoisotopic (exact) mass is 418 g/mol. The molecule has 0 amide bonds. The maximum atomic E-state index is 12.1. The predicted octanol–water partition coefficient (Wildman–Crippen LogP) is 6.55. The van der Waals surface area contributed by atoms with E-state index in [0.717, 1.165) is 18.4 Å². The molecule has 0 spiro atoms. The van der Waals surface area contributed by atoms with Crippen LogP contribution < -0.4 is 4.74 Å². The van der Waals surface area contributed by atoms with E-state index in [1.165, 1.54) is 33.9 Å². The second-order valence-corrected chi connectivity index (χ2v) is 7.79. The predicted molar refractivity (Wildman–Crippen MR) is 130 cm³/mol.